The number of hydrogen-bond donors (Lipinski definition) is 2. The molecule has 0 aliphatic carbocycles. The van der Waals surface area contributed by atoms with Crippen molar-refractivity contribution in [2.45, 2.75) is 20.3 Å². The average Bonchev–Trinajstić information content (AvgIpc) is 2.26. The minimum atomic E-state index is -0.554. The summed E-state index contributed by atoms with van der Waals surface area (Å²) in [6.07, 6.45) is 0.499. The summed E-state index contributed by atoms with van der Waals surface area (Å²) in [7, 11) is 0. The predicted octanol–water partition coefficient (Wildman–Crippen LogP) is 3.04. The number of anilines is 1. The van der Waals surface area contributed by atoms with Crippen LogP contribution in [0.2, 0.25) is 5.02 Å². The molecule has 18 heavy (non-hydrogen) atoms. The van der Waals surface area contributed by atoms with E-state index in [1.165, 1.54) is 6.07 Å². The molecule has 1 aromatic rings. The zero-order valence-corrected chi connectivity index (χ0v) is 11.7. The van der Waals surface area contributed by atoms with Crippen LogP contribution in [0.4, 0.5) is 10.1 Å². The third-order valence-electron chi connectivity index (χ3n) is 2.57. The Morgan fingerprint density at radius 1 is 1.61 bits per heavy atom. The maximum Gasteiger partial charge on any atom is 0.234 e. The van der Waals surface area contributed by atoms with E-state index in [0.29, 0.717) is 17.7 Å². The average molecular weight is 289 g/mol. The van der Waals surface area contributed by atoms with Crippen molar-refractivity contribution >= 4 is 40.4 Å². The summed E-state index contributed by atoms with van der Waals surface area (Å²) in [5.74, 6) is -1.31. The Hall–Kier alpha value is -1.20. The molecule has 0 heterocycles. The van der Waals surface area contributed by atoms with E-state index in [4.69, 9.17) is 29.6 Å². The van der Waals surface area contributed by atoms with Crippen LogP contribution in [0.15, 0.2) is 12.1 Å². The van der Waals surface area contributed by atoms with Crippen molar-refractivity contribution in [3.63, 3.8) is 0 Å². The molecule has 0 bridgehead atoms. The van der Waals surface area contributed by atoms with E-state index in [0.717, 1.165) is 6.07 Å². The lowest BCUT2D eigenvalue weighted by molar-refractivity contribution is -0.118. The van der Waals surface area contributed by atoms with Gasteiger partial charge < -0.3 is 11.1 Å². The molecule has 0 fully saturated rings. The van der Waals surface area contributed by atoms with Crippen LogP contribution in [0.1, 0.15) is 18.9 Å². The van der Waals surface area contributed by atoms with Crippen molar-refractivity contribution in [1.29, 1.82) is 0 Å². The standard InChI is InChI=1S/C12H14ClFN2OS/c1-3-7(11(15)18)12(17)16-10-4-6(2)9(14)5-8(10)13/h4-5,7H,3H2,1-2H3,(H2,15,18)(H,16,17). The maximum absolute atomic E-state index is 13.2. The summed E-state index contributed by atoms with van der Waals surface area (Å²) in [5, 5.41) is 2.75. The van der Waals surface area contributed by atoms with Gasteiger partial charge in [-0.3, -0.25) is 4.79 Å². The molecule has 98 valence electrons. The Morgan fingerprint density at radius 3 is 2.72 bits per heavy atom. The van der Waals surface area contributed by atoms with Crippen LogP contribution < -0.4 is 11.1 Å². The molecular formula is C12H14ClFN2OS. The van der Waals surface area contributed by atoms with E-state index < -0.39 is 11.7 Å². The van der Waals surface area contributed by atoms with E-state index >= 15 is 0 Å². The first-order valence-electron chi connectivity index (χ1n) is 5.42. The van der Waals surface area contributed by atoms with E-state index in [1.807, 2.05) is 0 Å². The van der Waals surface area contributed by atoms with Gasteiger partial charge in [-0.15, -0.1) is 0 Å². The second-order valence-corrected chi connectivity index (χ2v) is 4.81. The predicted molar refractivity (Wildman–Crippen MR) is 75.3 cm³/mol. The Bertz CT molecular complexity index is 493. The molecule has 1 aromatic carbocycles. The number of aryl methyl sites for hydroxylation is 1. The second-order valence-electron chi connectivity index (χ2n) is 3.93. The van der Waals surface area contributed by atoms with Gasteiger partial charge in [-0.25, -0.2) is 4.39 Å². The highest BCUT2D eigenvalue weighted by atomic mass is 35.5. The SMILES string of the molecule is CCC(C(=O)Nc1cc(C)c(F)cc1Cl)C(N)=S. The van der Waals surface area contributed by atoms with Crippen LogP contribution in [-0.4, -0.2) is 10.9 Å². The lowest BCUT2D eigenvalue weighted by Crippen LogP contribution is -2.32. The zero-order valence-electron chi connectivity index (χ0n) is 10.1. The van der Waals surface area contributed by atoms with Crippen molar-refractivity contribution in [2.75, 3.05) is 5.32 Å². The number of nitrogens with one attached hydrogen (secondary N) is 1. The lowest BCUT2D eigenvalue weighted by atomic mass is 10.1. The first kappa shape index (κ1) is 14.9. The Kier molecular flexibility index (Phi) is 5.04. The molecule has 0 radical (unpaired) electrons. The number of amides is 1. The highest BCUT2D eigenvalue weighted by Crippen LogP contribution is 2.25. The number of thiocarbonyl (C=S) groups is 1. The molecule has 6 heteroatoms. The fourth-order valence-corrected chi connectivity index (χ4v) is 1.96. The van der Waals surface area contributed by atoms with Gasteiger partial charge in [-0.2, -0.15) is 0 Å². The van der Waals surface area contributed by atoms with Gasteiger partial charge in [0.2, 0.25) is 5.91 Å². The van der Waals surface area contributed by atoms with E-state index in [-0.39, 0.29) is 15.9 Å². The van der Waals surface area contributed by atoms with Crippen LogP contribution in [-0.2, 0) is 4.79 Å². The molecule has 0 aliphatic rings. The monoisotopic (exact) mass is 288 g/mol. The molecule has 0 saturated heterocycles. The number of benzene rings is 1. The summed E-state index contributed by atoms with van der Waals surface area (Å²) in [4.78, 5) is 12.0. The fraction of sp³-hybridized carbons (Fsp3) is 0.333. The third-order valence-corrected chi connectivity index (χ3v) is 3.17. The molecule has 0 aliphatic heterocycles. The van der Waals surface area contributed by atoms with Crippen LogP contribution in [0.5, 0.6) is 0 Å². The Balaban J connectivity index is 2.94. The molecule has 0 saturated carbocycles. The van der Waals surface area contributed by atoms with E-state index in [9.17, 15) is 9.18 Å². The number of carbonyl (C=O) groups excluding carboxylic acids is 1. The van der Waals surface area contributed by atoms with Crippen LogP contribution in [0.25, 0.3) is 0 Å². The van der Waals surface area contributed by atoms with Gasteiger partial charge in [-0.1, -0.05) is 30.7 Å². The summed E-state index contributed by atoms with van der Waals surface area (Å²) >= 11 is 10.7. The maximum atomic E-state index is 13.2. The minimum absolute atomic E-state index is 0.130. The second kappa shape index (κ2) is 6.11. The van der Waals surface area contributed by atoms with Crippen molar-refractivity contribution in [3.05, 3.63) is 28.5 Å². The molecule has 3 nitrogen and oxygen atoms in total. The van der Waals surface area contributed by atoms with Crippen LogP contribution in [0.3, 0.4) is 0 Å². The van der Waals surface area contributed by atoms with Crippen LogP contribution >= 0.6 is 23.8 Å². The molecule has 0 aromatic heterocycles. The Morgan fingerprint density at radius 2 is 2.22 bits per heavy atom. The van der Waals surface area contributed by atoms with Crippen LogP contribution in [0, 0.1) is 18.7 Å². The molecule has 1 rings (SSSR count). The van der Waals surface area contributed by atoms with Gasteiger partial charge in [0.25, 0.3) is 0 Å². The number of hydrogen-bond acceptors (Lipinski definition) is 2. The van der Waals surface area contributed by atoms with E-state index in [1.54, 1.807) is 13.8 Å². The molecular weight excluding hydrogens is 275 g/mol. The summed E-state index contributed by atoms with van der Waals surface area (Å²) in [6, 6.07) is 2.63. The molecule has 1 unspecified atom stereocenters. The largest absolute Gasteiger partial charge is 0.393 e. The Labute approximate surface area is 115 Å². The number of nitrogens with two attached hydrogens (primary N) is 1. The first-order chi connectivity index (χ1) is 8.36. The fourth-order valence-electron chi connectivity index (χ4n) is 1.49. The van der Waals surface area contributed by atoms with E-state index in [2.05, 4.69) is 5.32 Å². The lowest BCUT2D eigenvalue weighted by Gasteiger charge is -2.14. The molecule has 0 spiro atoms. The normalized spacial score (nSPS) is 12.0. The van der Waals surface area contributed by atoms with Gasteiger partial charge in [-0.05, 0) is 31.0 Å². The summed E-state index contributed by atoms with van der Waals surface area (Å²) in [5.41, 5.74) is 6.23. The van der Waals surface area contributed by atoms with Gasteiger partial charge in [0.05, 0.1) is 21.6 Å². The van der Waals surface area contributed by atoms with Gasteiger partial charge in [0, 0.05) is 0 Å². The molecule has 3 N–H and O–H groups in total. The zero-order chi connectivity index (χ0) is 13.9. The molecule has 1 amide bonds. The van der Waals surface area contributed by atoms with Gasteiger partial charge >= 0.3 is 0 Å². The van der Waals surface area contributed by atoms with Crippen molar-refractivity contribution in [2.24, 2.45) is 11.7 Å². The topological polar surface area (TPSA) is 55.1 Å². The number of rotatable bonds is 4. The third kappa shape index (κ3) is 3.40. The smallest absolute Gasteiger partial charge is 0.234 e. The number of halogens is 2. The van der Waals surface area contributed by atoms with Crippen molar-refractivity contribution in [1.82, 2.24) is 0 Å². The highest BCUT2D eigenvalue weighted by molar-refractivity contribution is 7.80. The highest BCUT2D eigenvalue weighted by Gasteiger charge is 2.20. The summed E-state index contributed by atoms with van der Waals surface area (Å²) in [6.45, 7) is 3.40. The molecule has 1 atom stereocenters. The van der Waals surface area contributed by atoms with Gasteiger partial charge in [0.1, 0.15) is 5.82 Å². The summed E-state index contributed by atoms with van der Waals surface area (Å²) < 4.78 is 13.2. The number of carbonyl (C=O) groups is 1. The quantitative estimate of drug-likeness (QED) is 0.837. The van der Waals surface area contributed by atoms with Gasteiger partial charge in [0.15, 0.2) is 0 Å². The van der Waals surface area contributed by atoms with Crippen molar-refractivity contribution < 1.29 is 9.18 Å². The van der Waals surface area contributed by atoms with Crippen molar-refractivity contribution in [3.8, 4) is 0 Å². The first-order valence-corrected chi connectivity index (χ1v) is 6.21. The minimum Gasteiger partial charge on any atom is -0.393 e.